The molecule has 0 radical (unpaired) electrons. The lowest BCUT2D eigenvalue weighted by molar-refractivity contribution is -0.155. The number of aromatic nitrogens is 4. The first-order valence-electron chi connectivity index (χ1n) is 10.4. The number of ether oxygens (including phenoxy) is 1. The quantitative estimate of drug-likeness (QED) is 0.656. The van der Waals surface area contributed by atoms with Gasteiger partial charge in [0.05, 0.1) is 6.33 Å². The van der Waals surface area contributed by atoms with Gasteiger partial charge >= 0.3 is 11.7 Å². The van der Waals surface area contributed by atoms with Crippen LogP contribution in [0.5, 0.6) is 0 Å². The Morgan fingerprint density at radius 1 is 1.10 bits per heavy atom. The molecule has 2 aromatic heterocycles. The van der Waals surface area contributed by atoms with Gasteiger partial charge in [-0.15, -0.1) is 0 Å². The number of hydrogen-bond donors (Lipinski definition) is 0. The zero-order valence-electron chi connectivity index (χ0n) is 17.4. The fourth-order valence-electron chi connectivity index (χ4n) is 4.86. The van der Waals surface area contributed by atoms with E-state index in [-0.39, 0.29) is 36.3 Å². The molecule has 0 bridgehead atoms. The lowest BCUT2D eigenvalue weighted by Crippen LogP contribution is -2.51. The average molecular weight is 417 g/mol. The van der Waals surface area contributed by atoms with Crippen LogP contribution in [0, 0.1) is 5.92 Å². The van der Waals surface area contributed by atoms with Crippen molar-refractivity contribution in [1.29, 1.82) is 0 Å². The van der Waals surface area contributed by atoms with Crippen molar-refractivity contribution in [3.05, 3.63) is 27.2 Å². The molecule has 10 heteroatoms. The summed E-state index contributed by atoms with van der Waals surface area (Å²) in [5.74, 6) is -0.225. The van der Waals surface area contributed by atoms with Gasteiger partial charge in [-0.3, -0.25) is 23.5 Å². The van der Waals surface area contributed by atoms with E-state index in [0.717, 1.165) is 23.8 Å². The first-order valence-corrected chi connectivity index (χ1v) is 10.4. The highest BCUT2D eigenvalue weighted by Crippen LogP contribution is 2.35. The molecule has 0 aromatic carbocycles. The molecule has 1 saturated heterocycles. The molecule has 162 valence electrons. The Kier molecular flexibility index (Phi) is 5.48. The minimum atomic E-state index is -0.629. The highest BCUT2D eigenvalue weighted by molar-refractivity contribution is 5.81. The zero-order chi connectivity index (χ0) is 21.4. The van der Waals surface area contributed by atoms with Crippen LogP contribution in [0.1, 0.15) is 38.5 Å². The van der Waals surface area contributed by atoms with Crippen LogP contribution in [-0.4, -0.2) is 54.7 Å². The summed E-state index contributed by atoms with van der Waals surface area (Å²) < 4.78 is 8.79. The van der Waals surface area contributed by atoms with Crippen molar-refractivity contribution in [1.82, 2.24) is 23.6 Å². The van der Waals surface area contributed by atoms with Gasteiger partial charge in [-0.25, -0.2) is 9.78 Å². The maximum atomic E-state index is 12.7. The van der Waals surface area contributed by atoms with Crippen LogP contribution in [0.4, 0.5) is 0 Å². The maximum absolute atomic E-state index is 12.7. The minimum absolute atomic E-state index is 0.143. The number of carbonyl (C=O) groups excluding carboxylic acids is 2. The molecule has 10 nitrogen and oxygen atoms in total. The minimum Gasteiger partial charge on any atom is -0.454 e. The number of nitrogens with zero attached hydrogens (tertiary/aromatic N) is 5. The fourth-order valence-corrected chi connectivity index (χ4v) is 4.86. The lowest BCUT2D eigenvalue weighted by atomic mass is 9.78. The van der Waals surface area contributed by atoms with Gasteiger partial charge in [0.25, 0.3) is 11.5 Å². The Hall–Kier alpha value is -2.91. The highest BCUT2D eigenvalue weighted by Gasteiger charge is 2.35. The van der Waals surface area contributed by atoms with E-state index in [1.807, 2.05) is 4.90 Å². The summed E-state index contributed by atoms with van der Waals surface area (Å²) in [4.78, 5) is 55.5. The van der Waals surface area contributed by atoms with Crippen LogP contribution in [0.25, 0.3) is 11.2 Å². The van der Waals surface area contributed by atoms with Crippen LogP contribution >= 0.6 is 0 Å². The molecule has 3 heterocycles. The van der Waals surface area contributed by atoms with Crippen molar-refractivity contribution in [2.45, 2.75) is 51.1 Å². The fraction of sp³-hybridized carbons (Fsp3) is 0.650. The van der Waals surface area contributed by atoms with Crippen molar-refractivity contribution in [3.63, 3.8) is 0 Å². The van der Waals surface area contributed by atoms with Crippen molar-refractivity contribution in [2.24, 2.45) is 20.0 Å². The summed E-state index contributed by atoms with van der Waals surface area (Å²) in [6, 6.07) is 0.264. The molecule has 2 atom stereocenters. The molecule has 1 aliphatic heterocycles. The van der Waals surface area contributed by atoms with E-state index >= 15 is 0 Å². The summed E-state index contributed by atoms with van der Waals surface area (Å²) >= 11 is 0. The number of piperidine rings is 1. The summed E-state index contributed by atoms with van der Waals surface area (Å²) in [5.41, 5.74) is -0.688. The molecule has 2 fully saturated rings. The average Bonchev–Trinajstić information content (AvgIpc) is 3.17. The number of amides is 1. The Labute approximate surface area is 173 Å². The van der Waals surface area contributed by atoms with E-state index in [2.05, 4.69) is 4.98 Å². The number of esters is 1. The molecule has 0 unspecified atom stereocenters. The summed E-state index contributed by atoms with van der Waals surface area (Å²) in [5, 5.41) is 0. The van der Waals surface area contributed by atoms with Gasteiger partial charge in [-0.1, -0.05) is 12.8 Å². The van der Waals surface area contributed by atoms with Crippen LogP contribution in [-0.2, 0) is 35.0 Å². The molecule has 1 amide bonds. The topological polar surface area (TPSA) is 108 Å². The SMILES string of the molecule is Cn1c(=O)c2c(ncn2CC(=O)OCC(=O)N2CCC[C@H]3CCCC[C@H]32)n(C)c1=O. The van der Waals surface area contributed by atoms with E-state index in [1.54, 1.807) is 0 Å². The van der Waals surface area contributed by atoms with E-state index in [4.69, 9.17) is 4.74 Å². The third-order valence-corrected chi connectivity index (χ3v) is 6.44. The maximum Gasteiger partial charge on any atom is 0.332 e. The molecular formula is C20H27N5O5. The molecule has 2 aromatic rings. The molecular weight excluding hydrogens is 390 g/mol. The first kappa shape index (κ1) is 20.4. The van der Waals surface area contributed by atoms with Gasteiger partial charge in [-0.05, 0) is 31.6 Å². The van der Waals surface area contributed by atoms with Gasteiger partial charge in [0.15, 0.2) is 17.8 Å². The second kappa shape index (κ2) is 8.08. The van der Waals surface area contributed by atoms with Crippen LogP contribution in [0.3, 0.4) is 0 Å². The van der Waals surface area contributed by atoms with E-state index in [9.17, 15) is 19.2 Å². The molecule has 0 spiro atoms. The van der Waals surface area contributed by atoms with Crippen LogP contribution < -0.4 is 11.2 Å². The van der Waals surface area contributed by atoms with Crippen molar-refractivity contribution >= 4 is 23.0 Å². The summed E-state index contributed by atoms with van der Waals surface area (Å²) in [7, 11) is 2.88. The zero-order valence-corrected chi connectivity index (χ0v) is 17.4. The Bertz CT molecular complexity index is 1100. The van der Waals surface area contributed by atoms with E-state index in [1.165, 1.54) is 48.8 Å². The van der Waals surface area contributed by atoms with Gasteiger partial charge in [0, 0.05) is 26.7 Å². The van der Waals surface area contributed by atoms with Crippen molar-refractivity contribution in [2.75, 3.05) is 13.2 Å². The van der Waals surface area contributed by atoms with Crippen molar-refractivity contribution in [3.8, 4) is 0 Å². The molecule has 0 N–H and O–H groups in total. The van der Waals surface area contributed by atoms with Gasteiger partial charge in [-0.2, -0.15) is 0 Å². The van der Waals surface area contributed by atoms with Gasteiger partial charge in [0.2, 0.25) is 0 Å². The molecule has 30 heavy (non-hydrogen) atoms. The highest BCUT2D eigenvalue weighted by atomic mass is 16.5. The molecule has 1 saturated carbocycles. The Balaban J connectivity index is 1.42. The molecule has 1 aliphatic carbocycles. The number of carbonyl (C=O) groups is 2. The third-order valence-electron chi connectivity index (χ3n) is 6.44. The Morgan fingerprint density at radius 2 is 1.83 bits per heavy atom. The molecule has 4 rings (SSSR count). The number of likely N-dealkylation sites (tertiary alicyclic amines) is 1. The smallest absolute Gasteiger partial charge is 0.332 e. The van der Waals surface area contributed by atoms with Crippen LogP contribution in [0.2, 0.25) is 0 Å². The summed E-state index contributed by atoms with van der Waals surface area (Å²) in [6.45, 7) is 0.155. The number of hydrogen-bond acceptors (Lipinski definition) is 6. The van der Waals surface area contributed by atoms with Crippen molar-refractivity contribution < 1.29 is 14.3 Å². The Morgan fingerprint density at radius 3 is 2.63 bits per heavy atom. The second-order valence-electron chi connectivity index (χ2n) is 8.25. The number of fused-ring (bicyclic) bond motifs is 2. The largest absolute Gasteiger partial charge is 0.454 e. The van der Waals surface area contributed by atoms with Gasteiger partial charge in [0.1, 0.15) is 6.54 Å². The molecule has 2 aliphatic rings. The van der Waals surface area contributed by atoms with Gasteiger partial charge < -0.3 is 14.2 Å². The second-order valence-corrected chi connectivity index (χ2v) is 8.25. The first-order chi connectivity index (χ1) is 14.4. The predicted molar refractivity (Wildman–Crippen MR) is 108 cm³/mol. The third kappa shape index (κ3) is 3.54. The van der Waals surface area contributed by atoms with E-state index in [0.29, 0.717) is 12.5 Å². The monoisotopic (exact) mass is 417 g/mol. The lowest BCUT2D eigenvalue weighted by Gasteiger charge is -2.44. The standard InChI is InChI=1S/C20H27N5O5/c1-22-18-17(19(28)23(2)20(22)29)24(12-21-18)10-16(27)30-11-15(26)25-9-5-7-13-6-3-4-8-14(13)25/h12-14H,3-11H2,1-2H3/t13-,14-/m1/s1. The van der Waals surface area contributed by atoms with Crippen LogP contribution in [0.15, 0.2) is 15.9 Å². The number of imidazole rings is 1. The number of aryl methyl sites for hydroxylation is 1. The normalized spacial score (nSPS) is 21.5. The number of rotatable bonds is 4. The summed E-state index contributed by atoms with van der Waals surface area (Å²) in [6.07, 6.45) is 8.03. The predicted octanol–water partition coefficient (Wildman–Crippen LogP) is 0.158. The van der Waals surface area contributed by atoms with E-state index < -0.39 is 17.2 Å².